The molecule has 32 heavy (non-hydrogen) atoms. The second-order valence-corrected chi connectivity index (χ2v) is 7.20. The first-order chi connectivity index (χ1) is 15.0. The molecule has 2 heterocycles. The topological polar surface area (TPSA) is 37.8 Å². The first-order valence-corrected chi connectivity index (χ1v) is 9.39. The number of hydrogen-bond donors (Lipinski definition) is 1. The largest absolute Gasteiger partial charge is 0.416 e. The molecule has 2 aromatic heterocycles. The van der Waals surface area contributed by atoms with Crippen LogP contribution in [0.5, 0.6) is 0 Å². The van der Waals surface area contributed by atoms with Crippen molar-refractivity contribution >= 4 is 22.3 Å². The third-order valence-electron chi connectivity index (χ3n) is 4.87. The van der Waals surface area contributed by atoms with Gasteiger partial charge in [-0.05, 0) is 60.5 Å². The normalized spacial score (nSPS) is 12.2. The van der Waals surface area contributed by atoms with Crippen LogP contribution in [0, 0.1) is 6.92 Å². The predicted octanol–water partition coefficient (Wildman–Crippen LogP) is 7.39. The number of benzene rings is 2. The Morgan fingerprint density at radius 1 is 0.719 bits per heavy atom. The fraction of sp³-hybridized carbons (Fsp3) is 0.130. The zero-order valence-electron chi connectivity index (χ0n) is 16.5. The summed E-state index contributed by atoms with van der Waals surface area (Å²) in [5.74, 6) is 0.248. The summed E-state index contributed by atoms with van der Waals surface area (Å²) >= 11 is 0. The maximum Gasteiger partial charge on any atom is 0.416 e. The van der Waals surface area contributed by atoms with Crippen LogP contribution >= 0.6 is 0 Å². The fourth-order valence-electron chi connectivity index (χ4n) is 3.30. The number of pyridine rings is 2. The third kappa shape index (κ3) is 4.51. The van der Waals surface area contributed by atoms with Crippen LogP contribution in [-0.4, -0.2) is 9.97 Å². The van der Waals surface area contributed by atoms with Crippen molar-refractivity contribution in [3.05, 3.63) is 83.8 Å². The molecule has 0 radical (unpaired) electrons. The summed E-state index contributed by atoms with van der Waals surface area (Å²) in [5.41, 5.74) is 0.289. The molecule has 4 rings (SSSR count). The quantitative estimate of drug-likeness (QED) is 0.333. The van der Waals surface area contributed by atoms with Gasteiger partial charge in [-0.25, -0.2) is 4.98 Å². The van der Waals surface area contributed by atoms with Crippen molar-refractivity contribution in [2.45, 2.75) is 19.3 Å². The summed E-state index contributed by atoms with van der Waals surface area (Å²) in [6, 6.07) is 11.4. The van der Waals surface area contributed by atoms with Crippen molar-refractivity contribution in [1.29, 1.82) is 0 Å². The lowest BCUT2D eigenvalue weighted by atomic mass is 10.0. The van der Waals surface area contributed by atoms with Crippen LogP contribution in [0.1, 0.15) is 16.8 Å². The lowest BCUT2D eigenvalue weighted by Gasteiger charge is -2.15. The van der Waals surface area contributed by atoms with Gasteiger partial charge in [-0.2, -0.15) is 26.3 Å². The van der Waals surface area contributed by atoms with E-state index < -0.39 is 23.5 Å². The Bertz CT molecular complexity index is 1280. The molecule has 0 spiro atoms. The summed E-state index contributed by atoms with van der Waals surface area (Å²) in [5, 5.41) is 3.76. The molecule has 1 N–H and O–H groups in total. The van der Waals surface area contributed by atoms with E-state index in [4.69, 9.17) is 0 Å². The van der Waals surface area contributed by atoms with Crippen LogP contribution in [0.25, 0.3) is 21.9 Å². The number of aromatic nitrogens is 2. The monoisotopic (exact) mass is 447 g/mol. The number of hydrogen-bond acceptors (Lipinski definition) is 3. The van der Waals surface area contributed by atoms with Crippen molar-refractivity contribution in [2.24, 2.45) is 0 Å². The molecule has 0 amide bonds. The van der Waals surface area contributed by atoms with E-state index >= 15 is 0 Å². The molecule has 0 aliphatic heterocycles. The highest BCUT2D eigenvalue weighted by molar-refractivity contribution is 5.96. The molecule has 3 nitrogen and oxygen atoms in total. The number of halogens is 6. The van der Waals surface area contributed by atoms with E-state index in [-0.39, 0.29) is 11.5 Å². The van der Waals surface area contributed by atoms with Crippen molar-refractivity contribution in [1.82, 2.24) is 9.97 Å². The maximum atomic E-state index is 13.4. The van der Waals surface area contributed by atoms with Crippen LogP contribution in [0.3, 0.4) is 0 Å². The number of alkyl halides is 6. The van der Waals surface area contributed by atoms with E-state index in [1.807, 2.05) is 0 Å². The highest BCUT2D eigenvalue weighted by Crippen LogP contribution is 2.37. The summed E-state index contributed by atoms with van der Waals surface area (Å²) in [6.45, 7) is 1.73. The highest BCUT2D eigenvalue weighted by atomic mass is 19.4. The van der Waals surface area contributed by atoms with Crippen LogP contribution in [0.2, 0.25) is 0 Å². The van der Waals surface area contributed by atoms with Gasteiger partial charge < -0.3 is 5.32 Å². The number of nitrogens with zero attached hydrogens (tertiary/aromatic N) is 2. The number of fused-ring (bicyclic) bond motifs is 1. The van der Waals surface area contributed by atoms with E-state index in [9.17, 15) is 26.3 Å². The molecule has 0 saturated heterocycles. The zero-order valence-corrected chi connectivity index (χ0v) is 16.5. The van der Waals surface area contributed by atoms with Gasteiger partial charge in [-0.3, -0.25) is 4.98 Å². The van der Waals surface area contributed by atoms with Gasteiger partial charge in [0, 0.05) is 34.5 Å². The molecule has 0 unspecified atom stereocenters. The number of nitrogens with one attached hydrogen (secondary N) is 1. The minimum Gasteiger partial charge on any atom is -0.340 e. The molecule has 2 aromatic carbocycles. The number of rotatable bonds is 3. The number of aryl methyl sites for hydroxylation is 1. The Labute approximate surface area is 178 Å². The van der Waals surface area contributed by atoms with Crippen LogP contribution in [0.4, 0.5) is 37.8 Å². The molecule has 0 aliphatic rings. The smallest absolute Gasteiger partial charge is 0.340 e. The molecule has 0 bridgehead atoms. The summed E-state index contributed by atoms with van der Waals surface area (Å²) in [4.78, 5) is 8.22. The van der Waals surface area contributed by atoms with Gasteiger partial charge >= 0.3 is 12.4 Å². The highest BCUT2D eigenvalue weighted by Gasteiger charge is 2.32. The fourth-order valence-corrected chi connectivity index (χ4v) is 3.30. The van der Waals surface area contributed by atoms with E-state index in [2.05, 4.69) is 15.3 Å². The standard InChI is InChI=1S/C23H15F6N3/c1-13-8-19-16(12-31-13)9-18(23(27,28)29)11-20(19)32-21-10-15(6-7-30-21)14-2-4-17(5-3-14)22(24,25)26/h2-12H,1H3,(H,30,32). The molecule has 4 aromatic rings. The van der Waals surface area contributed by atoms with Gasteiger partial charge in [0.25, 0.3) is 0 Å². The predicted molar refractivity (Wildman–Crippen MR) is 109 cm³/mol. The molecule has 0 saturated carbocycles. The van der Waals surface area contributed by atoms with Crippen molar-refractivity contribution < 1.29 is 26.3 Å². The first-order valence-electron chi connectivity index (χ1n) is 9.39. The second kappa shape index (κ2) is 7.81. The van der Waals surface area contributed by atoms with Gasteiger partial charge in [0.15, 0.2) is 0 Å². The Balaban J connectivity index is 1.73. The molecule has 0 fully saturated rings. The van der Waals surface area contributed by atoms with Crippen molar-refractivity contribution in [3.8, 4) is 11.1 Å². The molecule has 0 aliphatic carbocycles. The number of anilines is 2. The van der Waals surface area contributed by atoms with Crippen LogP contribution in [-0.2, 0) is 12.4 Å². The Hall–Kier alpha value is -3.62. The van der Waals surface area contributed by atoms with Crippen molar-refractivity contribution in [2.75, 3.05) is 5.32 Å². The van der Waals surface area contributed by atoms with Crippen LogP contribution in [0.15, 0.2) is 67.0 Å². The van der Waals surface area contributed by atoms with Crippen LogP contribution < -0.4 is 5.32 Å². The van der Waals surface area contributed by atoms with Gasteiger partial charge in [-0.1, -0.05) is 12.1 Å². The molecule has 0 atom stereocenters. The summed E-state index contributed by atoms with van der Waals surface area (Å²) in [7, 11) is 0. The van der Waals surface area contributed by atoms with Gasteiger partial charge in [0.05, 0.1) is 11.1 Å². The maximum absolute atomic E-state index is 13.4. The zero-order chi connectivity index (χ0) is 23.1. The van der Waals surface area contributed by atoms with E-state index in [0.29, 0.717) is 27.6 Å². The summed E-state index contributed by atoms with van der Waals surface area (Å²) < 4.78 is 78.5. The van der Waals surface area contributed by atoms with E-state index in [0.717, 1.165) is 24.3 Å². The average molecular weight is 447 g/mol. The lowest BCUT2D eigenvalue weighted by Crippen LogP contribution is -2.06. The third-order valence-corrected chi connectivity index (χ3v) is 4.87. The molecular formula is C23H15F6N3. The lowest BCUT2D eigenvalue weighted by molar-refractivity contribution is -0.138. The van der Waals surface area contributed by atoms with Crippen molar-refractivity contribution in [3.63, 3.8) is 0 Å². The molecule has 164 valence electrons. The van der Waals surface area contributed by atoms with Gasteiger partial charge in [0.1, 0.15) is 5.82 Å². The Kier molecular flexibility index (Phi) is 5.28. The van der Waals surface area contributed by atoms with E-state index in [1.54, 1.807) is 25.1 Å². The Morgan fingerprint density at radius 3 is 2.06 bits per heavy atom. The second-order valence-electron chi connectivity index (χ2n) is 7.20. The molecular weight excluding hydrogens is 432 g/mol. The Morgan fingerprint density at radius 2 is 1.41 bits per heavy atom. The minimum absolute atomic E-state index is 0.192. The van der Waals surface area contributed by atoms with Gasteiger partial charge in [0.2, 0.25) is 0 Å². The molecule has 9 heteroatoms. The average Bonchev–Trinajstić information content (AvgIpc) is 2.73. The SMILES string of the molecule is Cc1cc2c(Nc3cc(-c4ccc(C(F)(F)F)cc4)ccn3)cc(C(F)(F)F)cc2cn1. The summed E-state index contributed by atoms with van der Waals surface area (Å²) in [6.07, 6.45) is -6.19. The van der Waals surface area contributed by atoms with Gasteiger partial charge in [-0.15, -0.1) is 0 Å². The van der Waals surface area contributed by atoms with E-state index in [1.165, 1.54) is 24.5 Å². The minimum atomic E-state index is -4.55. The first kappa shape index (κ1) is 21.6.